The van der Waals surface area contributed by atoms with Crippen LogP contribution in [-0.4, -0.2) is 43.6 Å². The van der Waals surface area contributed by atoms with Gasteiger partial charge in [0.1, 0.15) is 6.04 Å². The van der Waals surface area contributed by atoms with E-state index in [4.69, 9.17) is 0 Å². The average molecular weight is 435 g/mol. The van der Waals surface area contributed by atoms with Crippen molar-refractivity contribution in [2.75, 3.05) is 6.54 Å². The van der Waals surface area contributed by atoms with Gasteiger partial charge < -0.3 is 9.08 Å². The molecule has 134 valence electrons. The van der Waals surface area contributed by atoms with Gasteiger partial charge in [0.05, 0.1) is 4.47 Å². The zero-order valence-corrected chi connectivity index (χ0v) is 15.0. The zero-order chi connectivity index (χ0) is 18.4. The van der Waals surface area contributed by atoms with E-state index in [2.05, 4.69) is 25.4 Å². The van der Waals surface area contributed by atoms with Crippen LogP contribution in [-0.2, 0) is 26.5 Å². The van der Waals surface area contributed by atoms with Gasteiger partial charge in [-0.25, -0.2) is 0 Å². The molecule has 0 aliphatic carbocycles. The Kier molecular flexibility index (Phi) is 4.54. The third kappa shape index (κ3) is 3.66. The first-order valence-electron chi connectivity index (χ1n) is 7.27. The smallest absolute Gasteiger partial charge is 0.357 e. The highest BCUT2D eigenvalue weighted by molar-refractivity contribution is 9.10. The van der Waals surface area contributed by atoms with E-state index < -0.39 is 28.4 Å². The van der Waals surface area contributed by atoms with Gasteiger partial charge in [0, 0.05) is 18.5 Å². The van der Waals surface area contributed by atoms with Crippen molar-refractivity contribution < 1.29 is 30.9 Å². The van der Waals surface area contributed by atoms with Gasteiger partial charge >= 0.3 is 10.5 Å². The lowest BCUT2D eigenvalue weighted by atomic mass is 9.95. The Labute approximate surface area is 150 Å². The number of imide groups is 1. The highest BCUT2D eigenvalue weighted by atomic mass is 79.9. The largest absolute Gasteiger partial charge is 0.488 e. The van der Waals surface area contributed by atoms with Gasteiger partial charge in [-0.15, -0.1) is 0 Å². The molecule has 8 nitrogen and oxygen atoms in total. The molecule has 25 heavy (non-hydrogen) atoms. The van der Waals surface area contributed by atoms with Gasteiger partial charge in [-0.3, -0.25) is 19.7 Å². The number of rotatable bonds is 3. The fraction of sp³-hybridized carbons (Fsp3) is 0.357. The average Bonchev–Trinajstić information content (AvgIpc) is 2.49. The maximum absolute atomic E-state index is 12.8. The van der Waals surface area contributed by atoms with Crippen molar-refractivity contribution in [2.45, 2.75) is 25.3 Å². The molecule has 0 bridgehead atoms. The normalized spacial score (nSPS) is 21.0. The Morgan fingerprint density at radius 3 is 2.60 bits per heavy atom. The molecule has 11 heteroatoms. The summed E-state index contributed by atoms with van der Waals surface area (Å²) in [6.07, 6.45) is 0.756. The van der Waals surface area contributed by atoms with Crippen LogP contribution in [0.5, 0.6) is 5.75 Å². The molecule has 0 saturated carbocycles. The van der Waals surface area contributed by atoms with Crippen LogP contribution in [0.15, 0.2) is 16.6 Å². The number of piperidine rings is 1. The van der Waals surface area contributed by atoms with Gasteiger partial charge in [-0.05, 0) is 46.5 Å². The summed E-state index contributed by atoms with van der Waals surface area (Å²) in [5.74, 6) is -1.81. The topological polar surface area (TPSA) is 110 Å². The van der Waals surface area contributed by atoms with E-state index in [0.29, 0.717) is 12.0 Å². The summed E-state index contributed by atoms with van der Waals surface area (Å²) in [7, 11) is -5.25. The fourth-order valence-electron chi connectivity index (χ4n) is 2.95. The summed E-state index contributed by atoms with van der Waals surface area (Å²) in [6.45, 7) is 0.270. The lowest BCUT2D eigenvalue weighted by Gasteiger charge is -2.36. The predicted molar refractivity (Wildman–Crippen MR) is 85.7 cm³/mol. The first kappa shape index (κ1) is 17.8. The Hall–Kier alpha value is -2.01. The van der Waals surface area contributed by atoms with Crippen molar-refractivity contribution in [3.63, 3.8) is 0 Å². The summed E-state index contributed by atoms with van der Waals surface area (Å²) in [6, 6.07) is 1.82. The second kappa shape index (κ2) is 6.37. The SMILES string of the molecule is O=C1CCC(N2CCc3cc(Br)c(OS(=O)(=O)F)cc3C2=O)C(=O)N1. The Bertz CT molecular complexity index is 888. The molecule has 3 rings (SSSR count). The van der Waals surface area contributed by atoms with E-state index in [1.807, 2.05) is 0 Å². The third-order valence-corrected chi connectivity index (χ3v) is 5.05. The van der Waals surface area contributed by atoms with Gasteiger partial charge in [-0.2, -0.15) is 8.42 Å². The van der Waals surface area contributed by atoms with E-state index >= 15 is 0 Å². The van der Waals surface area contributed by atoms with Crippen molar-refractivity contribution >= 4 is 44.2 Å². The molecule has 3 amide bonds. The first-order valence-corrected chi connectivity index (χ1v) is 9.37. The summed E-state index contributed by atoms with van der Waals surface area (Å²) in [5.41, 5.74) is 0.738. The Morgan fingerprint density at radius 1 is 1.24 bits per heavy atom. The van der Waals surface area contributed by atoms with Crippen LogP contribution in [0.2, 0.25) is 0 Å². The number of benzene rings is 1. The number of carbonyl (C=O) groups is 3. The van der Waals surface area contributed by atoms with E-state index in [1.165, 1.54) is 11.0 Å². The molecular weight excluding hydrogens is 423 g/mol. The number of nitrogens with zero attached hydrogens (tertiary/aromatic N) is 1. The van der Waals surface area contributed by atoms with Crippen molar-refractivity contribution in [2.24, 2.45) is 0 Å². The third-order valence-electron chi connectivity index (χ3n) is 4.05. The van der Waals surface area contributed by atoms with Crippen LogP contribution in [0.1, 0.15) is 28.8 Å². The zero-order valence-electron chi connectivity index (χ0n) is 12.6. The molecule has 1 atom stereocenters. The van der Waals surface area contributed by atoms with Gasteiger partial charge in [0.15, 0.2) is 5.75 Å². The number of hydrogen-bond donors (Lipinski definition) is 1. The standard InChI is InChI=1S/C14H12BrFN2O6S/c15-9-5-7-3-4-18(10-1-2-12(19)17-13(10)20)14(21)8(7)6-11(9)24-25(16,22)23/h5-6,10H,1-4H2,(H,17,19,20). The maximum Gasteiger partial charge on any atom is 0.488 e. The predicted octanol–water partition coefficient (Wildman–Crippen LogP) is 0.846. The van der Waals surface area contributed by atoms with E-state index in [9.17, 15) is 26.7 Å². The van der Waals surface area contributed by atoms with E-state index in [1.54, 1.807) is 0 Å². The number of carbonyl (C=O) groups excluding carboxylic acids is 3. The van der Waals surface area contributed by atoms with Crippen LogP contribution >= 0.6 is 15.9 Å². The van der Waals surface area contributed by atoms with Crippen LogP contribution in [0.25, 0.3) is 0 Å². The number of hydrogen-bond acceptors (Lipinski definition) is 6. The molecule has 1 aromatic carbocycles. The van der Waals surface area contributed by atoms with Crippen molar-refractivity contribution in [1.29, 1.82) is 0 Å². The molecule has 1 saturated heterocycles. The van der Waals surface area contributed by atoms with Gasteiger partial charge in [0.25, 0.3) is 5.91 Å². The lowest BCUT2D eigenvalue weighted by molar-refractivity contribution is -0.136. The Balaban J connectivity index is 1.92. The summed E-state index contributed by atoms with van der Waals surface area (Å²) >= 11 is 3.07. The minimum Gasteiger partial charge on any atom is -0.357 e. The molecule has 0 spiro atoms. The lowest BCUT2D eigenvalue weighted by Crippen LogP contribution is -2.55. The highest BCUT2D eigenvalue weighted by Crippen LogP contribution is 2.33. The second-order valence-corrected chi connectivity index (χ2v) is 7.44. The minimum atomic E-state index is -5.25. The molecule has 1 unspecified atom stereocenters. The van der Waals surface area contributed by atoms with E-state index in [-0.39, 0.29) is 41.1 Å². The van der Waals surface area contributed by atoms with Crippen LogP contribution in [0.4, 0.5) is 3.89 Å². The molecule has 0 radical (unpaired) electrons. The van der Waals surface area contributed by atoms with Gasteiger partial charge in [0.2, 0.25) is 11.8 Å². The number of fused-ring (bicyclic) bond motifs is 1. The Morgan fingerprint density at radius 2 is 1.96 bits per heavy atom. The highest BCUT2D eigenvalue weighted by Gasteiger charge is 2.37. The molecule has 2 heterocycles. The van der Waals surface area contributed by atoms with E-state index in [0.717, 1.165) is 6.07 Å². The molecular formula is C14H12BrFN2O6S. The molecule has 1 fully saturated rings. The molecule has 0 aromatic heterocycles. The number of nitrogens with one attached hydrogen (secondary N) is 1. The summed E-state index contributed by atoms with van der Waals surface area (Å²) in [4.78, 5) is 37.3. The van der Waals surface area contributed by atoms with Crippen molar-refractivity contribution in [3.05, 3.63) is 27.7 Å². The van der Waals surface area contributed by atoms with Crippen LogP contribution in [0.3, 0.4) is 0 Å². The second-order valence-electron chi connectivity index (χ2n) is 5.63. The molecule has 1 aromatic rings. The van der Waals surface area contributed by atoms with Crippen LogP contribution in [0, 0.1) is 0 Å². The molecule has 2 aliphatic rings. The number of halogens is 2. The molecule has 1 N–H and O–H groups in total. The fourth-order valence-corrected chi connectivity index (χ4v) is 3.88. The van der Waals surface area contributed by atoms with Crippen LogP contribution < -0.4 is 9.50 Å². The number of amides is 3. The molecule has 2 aliphatic heterocycles. The van der Waals surface area contributed by atoms with Crippen molar-refractivity contribution in [3.8, 4) is 5.75 Å². The monoisotopic (exact) mass is 434 g/mol. The van der Waals surface area contributed by atoms with Gasteiger partial charge in [-0.1, -0.05) is 3.89 Å². The first-order chi connectivity index (χ1) is 11.7. The minimum absolute atomic E-state index is 0.123. The summed E-state index contributed by atoms with van der Waals surface area (Å²) < 4.78 is 38.6. The maximum atomic E-state index is 12.8. The quantitative estimate of drug-likeness (QED) is 0.557. The summed E-state index contributed by atoms with van der Waals surface area (Å²) in [5, 5.41) is 2.19. The van der Waals surface area contributed by atoms with Crippen molar-refractivity contribution in [1.82, 2.24) is 10.2 Å².